The molecule has 28 heteroatoms. The first-order valence-corrected chi connectivity index (χ1v) is 40.9. The zero-order chi connectivity index (χ0) is 87.0. The lowest BCUT2D eigenvalue weighted by Gasteiger charge is -2.48. The number of methoxy groups -OCH3 is 6. The van der Waals surface area contributed by atoms with Crippen LogP contribution < -0.4 is 16.0 Å². The summed E-state index contributed by atoms with van der Waals surface area (Å²) in [6.45, 7) is 32.9. The van der Waals surface area contributed by atoms with E-state index in [4.69, 9.17) is 62.8 Å². The summed E-state index contributed by atoms with van der Waals surface area (Å²) < 4.78 is 44.0. The number of H-pyrrole nitrogens is 2. The topological polar surface area (TPSA) is 378 Å². The molecule has 0 spiro atoms. The van der Waals surface area contributed by atoms with Crippen molar-refractivity contribution in [1.29, 1.82) is 0 Å². The third-order valence-electron chi connectivity index (χ3n) is 26.4. The maximum atomic E-state index is 15.0. The van der Waals surface area contributed by atoms with Gasteiger partial charge in [-0.1, -0.05) is 59.9 Å². The van der Waals surface area contributed by atoms with Gasteiger partial charge >= 0.3 is 41.8 Å². The lowest BCUT2D eigenvalue weighted by molar-refractivity contribution is -0.147. The van der Waals surface area contributed by atoms with Gasteiger partial charge in [-0.2, -0.15) is 0 Å². The van der Waals surface area contributed by atoms with E-state index < -0.39 is 98.7 Å². The number of fused-ring (bicyclic) bond motifs is 14. The molecule has 28 nitrogen and oxygen atoms in total. The third kappa shape index (κ3) is 18.5. The number of hydrogen-bond donors (Lipinski definition) is 6. The van der Waals surface area contributed by atoms with Gasteiger partial charge in [0.15, 0.2) is 0 Å². The maximum absolute atomic E-state index is 15.0. The molecule has 1 fully saturated rings. The number of amides is 2. The SMILES string of the molecule is C=Cc1c(C)c2cc3[nH]c(cc4nc(cc5nc(cc1[nH]2)C(C)=C5CCC(=O)O)C(CCC(=O)NCCOCCOCCNC(=O)C[C@]1(C)/C2=C(\C)C5=N[C@@](C)(C6N=C(C(C)=C7N=C(C=C(N2)[C@H]1CCC(=O)OC)C(C)(C)[C@@H]7CCC(=O)OC)[C@](C)(CCC(=O)OC)[C@H]6CC(=O)OC)[C@@](C)(CC(=O)OC)[C@@H]5CCC(=O)OC)=C4C)c(C)c3C=C. The quantitative estimate of drug-likeness (QED) is 0.0181. The normalized spacial score (nSPS) is 24.1. The number of carbonyl (C=O) groups is 9. The van der Waals surface area contributed by atoms with Crippen LogP contribution in [0.2, 0.25) is 0 Å². The lowest BCUT2D eigenvalue weighted by atomic mass is 9.55. The Balaban J connectivity index is 0.895. The molecule has 1 unspecified atom stereocenters. The molecule has 16 bridgehead atoms. The fourth-order valence-corrected chi connectivity index (χ4v) is 19.1. The number of allylic oxidation sites excluding steroid dienone is 10. The highest BCUT2D eigenvalue weighted by Crippen LogP contribution is 2.63. The molecule has 3 aromatic rings. The molecule has 2 amide bonds. The van der Waals surface area contributed by atoms with E-state index in [9.17, 15) is 43.5 Å². The lowest BCUT2D eigenvalue weighted by Crippen LogP contribution is -2.55. The van der Waals surface area contributed by atoms with Crippen LogP contribution in [0.25, 0.3) is 56.5 Å². The molecule has 7 aliphatic rings. The van der Waals surface area contributed by atoms with Crippen molar-refractivity contribution < 1.29 is 86.2 Å². The highest BCUT2D eigenvalue weighted by molar-refractivity contribution is 6.11. The average molecular weight is 1640 g/mol. The number of carboxylic acid groups (broad SMARTS) is 1. The summed E-state index contributed by atoms with van der Waals surface area (Å²) in [4.78, 5) is 158. The summed E-state index contributed by atoms with van der Waals surface area (Å²) in [7, 11) is 7.85. The zero-order valence-electron chi connectivity index (χ0n) is 72.3. The summed E-state index contributed by atoms with van der Waals surface area (Å²) in [6.07, 6.45) is 6.13. The van der Waals surface area contributed by atoms with Gasteiger partial charge in [-0.25, -0.2) is 9.97 Å². The van der Waals surface area contributed by atoms with Crippen LogP contribution in [0, 0.1) is 59.2 Å². The van der Waals surface area contributed by atoms with Crippen molar-refractivity contribution in [3.63, 3.8) is 0 Å². The van der Waals surface area contributed by atoms with Gasteiger partial charge in [-0.15, -0.1) is 0 Å². The molecule has 119 heavy (non-hydrogen) atoms. The van der Waals surface area contributed by atoms with Gasteiger partial charge in [-0.3, -0.25) is 58.1 Å². The number of aryl methyl sites for hydroxylation is 2. The molecule has 0 aromatic carbocycles. The first-order valence-electron chi connectivity index (χ1n) is 40.9. The Morgan fingerprint density at radius 1 is 0.529 bits per heavy atom. The fourth-order valence-electron chi connectivity index (χ4n) is 19.1. The molecule has 0 aliphatic carbocycles. The van der Waals surface area contributed by atoms with Crippen molar-refractivity contribution in [2.24, 2.45) is 60.3 Å². The second kappa shape index (κ2) is 37.7. The monoisotopic (exact) mass is 1640 g/mol. The Hall–Kier alpha value is -10.7. The third-order valence-corrected chi connectivity index (χ3v) is 26.4. The van der Waals surface area contributed by atoms with Gasteiger partial charge in [0.2, 0.25) is 11.8 Å². The molecule has 10 heterocycles. The highest BCUT2D eigenvalue weighted by Gasteiger charge is 2.67. The summed E-state index contributed by atoms with van der Waals surface area (Å²) in [5, 5.41) is 19.7. The Kier molecular flexibility index (Phi) is 28.7. The second-order valence-corrected chi connectivity index (χ2v) is 33.4. The number of rotatable bonds is 35. The van der Waals surface area contributed by atoms with Crippen LogP contribution in [0.4, 0.5) is 0 Å². The van der Waals surface area contributed by atoms with Crippen molar-refractivity contribution in [2.45, 2.75) is 191 Å². The molecule has 0 saturated carbocycles. The van der Waals surface area contributed by atoms with Gasteiger partial charge in [0.05, 0.1) is 116 Å². The maximum Gasteiger partial charge on any atom is 0.306 e. The van der Waals surface area contributed by atoms with Gasteiger partial charge in [0.1, 0.15) is 0 Å². The van der Waals surface area contributed by atoms with Gasteiger partial charge in [-0.05, 0) is 162 Å². The van der Waals surface area contributed by atoms with Crippen LogP contribution >= 0.6 is 0 Å². The number of hydrogen-bond acceptors (Lipinski definition) is 23. The Bertz CT molecular complexity index is 5040. The average Bonchev–Trinajstić information content (AvgIpc) is 1.52. The minimum absolute atomic E-state index is 0.0231. The Morgan fingerprint density at radius 2 is 1.03 bits per heavy atom. The number of nitrogens with zero attached hydrogens (tertiary/aromatic N) is 5. The van der Waals surface area contributed by atoms with Gasteiger partial charge in [0.25, 0.3) is 0 Å². The second-order valence-electron chi connectivity index (χ2n) is 33.4. The van der Waals surface area contributed by atoms with E-state index in [2.05, 4.69) is 45.1 Å². The number of aliphatic imine (C=N–C) groups is 3. The van der Waals surface area contributed by atoms with Crippen molar-refractivity contribution >= 4 is 127 Å². The summed E-state index contributed by atoms with van der Waals surface area (Å²) in [6, 6.07) is 6.97. The van der Waals surface area contributed by atoms with E-state index in [-0.39, 0.29) is 141 Å². The Morgan fingerprint density at radius 3 is 1.56 bits per heavy atom. The fraction of sp³-hybridized carbons (Fsp3) is 0.538. The standard InChI is InChI=1S/C91H118N10O18/c1-21-55-49(3)63-42-64-51(5)57(69(96-64)45-70-58(24-29-75(104)105)52(6)66(97-70)44-68-56(22-2)50(4)65(95-68)43-67(55)94-63)23-28-73(102)92-35-37-118-39-40-119-38-36-93-74(103)47-89(12)59(25-30-76(106)112-15)71-46-72-87(9,10)60(26-31-77(107)113-16)82(99-72)53(7)84-88(11,34-33-79(109)115-18)62(41-80(110)116-19)86(100-84)91(14)90(13,48-81(111)117-20)61(27-32-78(108)114-17)83(101-91)54(8)85(89)98-71/h21-22,42-46,59-62,86,94-95,98H,1-2,23-41,47-48H2,3-20H3,(H,92,102)(H,93,103)(H,104,105)/b63-42?,64-42?,65-43?,66-44?,67-43?,68-44?,69-45?,70-45?,71-46?,82-53?,85-54-/t59-,60-,61-,62+,86?,88-,89+,90+,91+/m1/s1. The molecule has 0 radical (unpaired) electrons. The zero-order valence-corrected chi connectivity index (χ0v) is 72.3. The van der Waals surface area contributed by atoms with Gasteiger partial charge in [0, 0.05) is 171 Å². The van der Waals surface area contributed by atoms with E-state index in [0.29, 0.717) is 74.6 Å². The molecule has 640 valence electrons. The number of ether oxygens (including phenoxy) is 8. The largest absolute Gasteiger partial charge is 0.481 e. The first-order chi connectivity index (χ1) is 56.4. The molecule has 3 aromatic heterocycles. The molecule has 9 atom stereocenters. The summed E-state index contributed by atoms with van der Waals surface area (Å²) in [5.74, 6) is -7.15. The highest BCUT2D eigenvalue weighted by atomic mass is 16.5. The molecule has 1 saturated heterocycles. The van der Waals surface area contributed by atoms with E-state index in [1.54, 1.807) is 0 Å². The number of esters is 6. The molecular formula is C91H118N10O18. The van der Waals surface area contributed by atoms with Crippen molar-refractivity contribution in [3.05, 3.63) is 117 Å². The molecule has 7 aliphatic heterocycles. The van der Waals surface area contributed by atoms with E-state index in [0.717, 1.165) is 66.6 Å². The molecule has 10 rings (SSSR count). The van der Waals surface area contributed by atoms with Crippen molar-refractivity contribution in [3.8, 4) is 0 Å². The van der Waals surface area contributed by atoms with Crippen LogP contribution in [0.5, 0.6) is 0 Å². The minimum atomic E-state index is -1.45. The number of carboxylic acids is 1. The van der Waals surface area contributed by atoms with Crippen LogP contribution in [-0.2, 0) is 81.0 Å². The smallest absolute Gasteiger partial charge is 0.306 e. The number of aliphatic carboxylic acids is 1. The van der Waals surface area contributed by atoms with Crippen LogP contribution in [0.15, 0.2) is 86.7 Å². The predicted octanol–water partition coefficient (Wildman–Crippen LogP) is 13.4. The number of nitrogens with one attached hydrogen (secondary N) is 5. The minimum Gasteiger partial charge on any atom is -0.481 e. The predicted molar refractivity (Wildman–Crippen MR) is 455 cm³/mol. The van der Waals surface area contributed by atoms with Crippen LogP contribution in [0.3, 0.4) is 0 Å². The van der Waals surface area contributed by atoms with Crippen molar-refractivity contribution in [2.75, 3.05) is 82.2 Å². The van der Waals surface area contributed by atoms with Gasteiger partial charge < -0.3 is 68.9 Å². The Labute approximate surface area is 696 Å². The van der Waals surface area contributed by atoms with E-state index in [1.807, 2.05) is 120 Å². The molecular weight excluding hydrogens is 1520 g/mol. The van der Waals surface area contributed by atoms with Crippen molar-refractivity contribution in [1.82, 2.24) is 35.9 Å². The van der Waals surface area contributed by atoms with Crippen LogP contribution in [-0.4, -0.2) is 190 Å². The van der Waals surface area contributed by atoms with E-state index >= 15 is 4.79 Å². The van der Waals surface area contributed by atoms with Crippen LogP contribution in [0.1, 0.15) is 211 Å². The van der Waals surface area contributed by atoms with E-state index in [1.165, 1.54) is 42.7 Å². The summed E-state index contributed by atoms with van der Waals surface area (Å²) >= 11 is 0. The number of aromatic amines is 2. The number of aromatic nitrogens is 4. The first kappa shape index (κ1) is 90.6. The molecule has 6 N–H and O–H groups in total. The number of carbonyl (C=O) groups excluding carboxylic acids is 8. The summed E-state index contributed by atoms with van der Waals surface area (Å²) in [5.41, 5.74) is 12.0.